The minimum atomic E-state index is -1.33. The molecule has 0 aliphatic rings. The monoisotopic (exact) mass is 210 g/mol. The second-order valence-electron chi connectivity index (χ2n) is 3.79. The molecule has 0 saturated heterocycles. The van der Waals surface area contributed by atoms with Gasteiger partial charge in [-0.25, -0.2) is 0 Å². The normalized spacial score (nSPS) is 14.5. The number of carboxylic acid groups (broad SMARTS) is 1. The van der Waals surface area contributed by atoms with E-state index in [-0.39, 0.29) is 17.9 Å². The van der Waals surface area contributed by atoms with Crippen LogP contribution in [0.2, 0.25) is 0 Å². The van der Waals surface area contributed by atoms with Gasteiger partial charge in [0.1, 0.15) is 11.3 Å². The highest BCUT2D eigenvalue weighted by molar-refractivity contribution is 5.78. The lowest BCUT2D eigenvalue weighted by Crippen LogP contribution is -2.46. The molecule has 0 aromatic heterocycles. The Morgan fingerprint density at radius 2 is 2.13 bits per heavy atom. The highest BCUT2D eigenvalue weighted by Crippen LogP contribution is 2.22. The first kappa shape index (κ1) is 11.3. The second kappa shape index (κ2) is 3.78. The zero-order valence-electron chi connectivity index (χ0n) is 8.40. The van der Waals surface area contributed by atoms with E-state index in [9.17, 15) is 9.90 Å². The Labute approximate surface area is 87.3 Å². The number of phenols is 1. The molecule has 0 radical (unpaired) electrons. The Bertz CT molecular complexity index is 388. The fourth-order valence-corrected chi connectivity index (χ4v) is 1.21. The van der Waals surface area contributed by atoms with Gasteiger partial charge in [-0.1, -0.05) is 6.07 Å². The number of aromatic hydroxyl groups is 1. The molecule has 0 bridgehead atoms. The minimum absolute atomic E-state index is 0.0206. The van der Waals surface area contributed by atoms with Crippen LogP contribution in [0.5, 0.6) is 5.75 Å². The van der Waals surface area contributed by atoms with E-state index in [2.05, 4.69) is 0 Å². The van der Waals surface area contributed by atoms with E-state index in [0.717, 1.165) is 0 Å². The smallest absolute Gasteiger partial charge is 0.323 e. The zero-order valence-corrected chi connectivity index (χ0v) is 8.40. The molecule has 0 amide bonds. The third-order valence-electron chi connectivity index (χ3n) is 2.15. The van der Waals surface area contributed by atoms with Crippen LogP contribution >= 0.6 is 0 Å². The van der Waals surface area contributed by atoms with Crippen molar-refractivity contribution in [3.63, 3.8) is 0 Å². The lowest BCUT2D eigenvalue weighted by molar-refractivity contribution is -0.142. The van der Waals surface area contributed by atoms with Gasteiger partial charge >= 0.3 is 5.97 Å². The molecule has 0 saturated carbocycles. The Balaban J connectivity index is 2.91. The first-order chi connectivity index (χ1) is 6.83. The van der Waals surface area contributed by atoms with Gasteiger partial charge in [-0.05, 0) is 24.6 Å². The molecule has 1 aromatic carbocycles. The fraction of sp³-hybridized carbons (Fsp3) is 0.300. The molecule has 0 fully saturated rings. The average molecular weight is 210 g/mol. The number of nitrogen functional groups attached to an aromatic ring is 1. The van der Waals surface area contributed by atoms with Crippen LogP contribution in [-0.4, -0.2) is 21.7 Å². The summed E-state index contributed by atoms with van der Waals surface area (Å²) in [5.41, 5.74) is 10.6. The van der Waals surface area contributed by atoms with Gasteiger partial charge in [0.25, 0.3) is 0 Å². The van der Waals surface area contributed by atoms with Crippen molar-refractivity contribution >= 4 is 11.7 Å². The molecule has 0 aliphatic carbocycles. The summed E-state index contributed by atoms with van der Waals surface area (Å²) in [6, 6.07) is 4.53. The lowest BCUT2D eigenvalue weighted by Gasteiger charge is -2.19. The fourth-order valence-electron chi connectivity index (χ4n) is 1.21. The molecular weight excluding hydrogens is 196 g/mol. The van der Waals surface area contributed by atoms with Crippen molar-refractivity contribution < 1.29 is 15.0 Å². The van der Waals surface area contributed by atoms with Crippen LogP contribution < -0.4 is 11.5 Å². The van der Waals surface area contributed by atoms with E-state index in [1.165, 1.54) is 19.1 Å². The van der Waals surface area contributed by atoms with E-state index >= 15 is 0 Å². The van der Waals surface area contributed by atoms with Crippen LogP contribution in [0.25, 0.3) is 0 Å². The largest absolute Gasteiger partial charge is 0.506 e. The summed E-state index contributed by atoms with van der Waals surface area (Å²) in [6.45, 7) is 1.43. The number of hydrogen-bond acceptors (Lipinski definition) is 4. The van der Waals surface area contributed by atoms with Gasteiger partial charge in [-0.15, -0.1) is 0 Å². The van der Waals surface area contributed by atoms with Crippen molar-refractivity contribution in [1.82, 2.24) is 0 Å². The van der Waals surface area contributed by atoms with Gasteiger partial charge in [0.05, 0.1) is 5.69 Å². The number of benzene rings is 1. The number of phenolic OH excluding ortho intramolecular Hbond substituents is 1. The topological polar surface area (TPSA) is 110 Å². The van der Waals surface area contributed by atoms with Gasteiger partial charge in [-0.3, -0.25) is 4.79 Å². The van der Waals surface area contributed by atoms with Crippen LogP contribution in [0.15, 0.2) is 18.2 Å². The molecule has 1 aromatic rings. The molecule has 1 atom stereocenters. The standard InChI is InChI=1S/C10H14N2O3/c1-10(12,9(14)15)5-6-2-3-8(13)7(11)4-6/h2-4,13H,5,11-12H2,1H3,(H,14,15). The average Bonchev–Trinajstić information content (AvgIpc) is 2.10. The number of hydrogen-bond donors (Lipinski definition) is 4. The Kier molecular flexibility index (Phi) is 2.85. The van der Waals surface area contributed by atoms with Crippen LogP contribution in [0.1, 0.15) is 12.5 Å². The first-order valence-electron chi connectivity index (χ1n) is 4.42. The van der Waals surface area contributed by atoms with Gasteiger partial charge in [0.15, 0.2) is 0 Å². The second-order valence-corrected chi connectivity index (χ2v) is 3.79. The van der Waals surface area contributed by atoms with E-state index in [1.54, 1.807) is 6.07 Å². The van der Waals surface area contributed by atoms with Gasteiger partial charge in [0, 0.05) is 6.42 Å². The summed E-state index contributed by atoms with van der Waals surface area (Å²) >= 11 is 0. The number of carboxylic acids is 1. The Hall–Kier alpha value is -1.75. The summed E-state index contributed by atoms with van der Waals surface area (Å²) in [7, 11) is 0. The van der Waals surface area contributed by atoms with E-state index < -0.39 is 11.5 Å². The van der Waals surface area contributed by atoms with E-state index in [1.807, 2.05) is 0 Å². The predicted molar refractivity (Wildman–Crippen MR) is 56.5 cm³/mol. The lowest BCUT2D eigenvalue weighted by atomic mass is 9.94. The Morgan fingerprint density at radius 3 is 2.60 bits per heavy atom. The van der Waals surface area contributed by atoms with Crippen molar-refractivity contribution in [2.24, 2.45) is 5.73 Å². The maximum Gasteiger partial charge on any atom is 0.323 e. The summed E-state index contributed by atoms with van der Waals surface area (Å²) in [4.78, 5) is 10.8. The minimum Gasteiger partial charge on any atom is -0.506 e. The summed E-state index contributed by atoms with van der Waals surface area (Å²) in [6.07, 6.45) is 0.160. The van der Waals surface area contributed by atoms with Crippen LogP contribution in [-0.2, 0) is 11.2 Å². The van der Waals surface area contributed by atoms with E-state index in [4.69, 9.17) is 16.6 Å². The highest BCUT2D eigenvalue weighted by atomic mass is 16.4. The first-order valence-corrected chi connectivity index (χ1v) is 4.42. The predicted octanol–water partition coefficient (Wildman–Crippen LogP) is 0.319. The van der Waals surface area contributed by atoms with Crippen molar-refractivity contribution in [3.8, 4) is 5.75 Å². The Morgan fingerprint density at radius 1 is 1.53 bits per heavy atom. The number of anilines is 1. The van der Waals surface area contributed by atoms with Crippen LogP contribution in [0.3, 0.4) is 0 Å². The molecule has 15 heavy (non-hydrogen) atoms. The molecule has 6 N–H and O–H groups in total. The molecule has 1 unspecified atom stereocenters. The zero-order chi connectivity index (χ0) is 11.6. The quantitative estimate of drug-likeness (QED) is 0.424. The third kappa shape index (κ3) is 2.60. The number of aliphatic carboxylic acids is 1. The summed E-state index contributed by atoms with van der Waals surface area (Å²) < 4.78 is 0. The molecular formula is C10H14N2O3. The molecule has 0 heterocycles. The van der Waals surface area contributed by atoms with Crippen molar-refractivity contribution in [2.45, 2.75) is 18.9 Å². The van der Waals surface area contributed by atoms with Crippen LogP contribution in [0.4, 0.5) is 5.69 Å². The van der Waals surface area contributed by atoms with Crippen LogP contribution in [0, 0.1) is 0 Å². The van der Waals surface area contributed by atoms with Gasteiger partial charge in [-0.2, -0.15) is 0 Å². The SMILES string of the molecule is CC(N)(Cc1ccc(O)c(N)c1)C(=O)O. The summed E-state index contributed by atoms with van der Waals surface area (Å²) in [5.74, 6) is -1.10. The molecule has 5 heteroatoms. The molecule has 0 spiro atoms. The molecule has 0 aliphatic heterocycles. The number of nitrogens with two attached hydrogens (primary N) is 2. The molecule has 82 valence electrons. The maximum absolute atomic E-state index is 10.8. The van der Waals surface area contributed by atoms with Gasteiger partial charge < -0.3 is 21.7 Å². The van der Waals surface area contributed by atoms with Crippen molar-refractivity contribution in [1.29, 1.82) is 0 Å². The number of rotatable bonds is 3. The van der Waals surface area contributed by atoms with Crippen molar-refractivity contribution in [2.75, 3.05) is 5.73 Å². The molecule has 5 nitrogen and oxygen atoms in total. The number of carbonyl (C=O) groups is 1. The summed E-state index contributed by atoms with van der Waals surface area (Å²) in [5, 5.41) is 18.0. The molecule has 1 rings (SSSR count). The highest BCUT2D eigenvalue weighted by Gasteiger charge is 2.28. The van der Waals surface area contributed by atoms with Gasteiger partial charge in [0.2, 0.25) is 0 Å². The third-order valence-corrected chi connectivity index (χ3v) is 2.15. The maximum atomic E-state index is 10.8. The van der Waals surface area contributed by atoms with Crippen molar-refractivity contribution in [3.05, 3.63) is 23.8 Å². The van der Waals surface area contributed by atoms with E-state index in [0.29, 0.717) is 5.56 Å².